The molecule has 0 N–H and O–H groups in total. The van der Waals surface area contributed by atoms with Crippen LogP contribution in [0.5, 0.6) is 34.5 Å². The largest absolute Gasteiger partial charge is 0.493 e. The van der Waals surface area contributed by atoms with Gasteiger partial charge in [0.15, 0.2) is 34.5 Å². The second kappa shape index (κ2) is 7.69. The van der Waals surface area contributed by atoms with E-state index in [9.17, 15) is 5.26 Å². The number of nitrogens with zero attached hydrogens (tertiary/aromatic N) is 1. The zero-order valence-electron chi connectivity index (χ0n) is 23.8. The number of methoxy groups -OCH3 is 2. The summed E-state index contributed by atoms with van der Waals surface area (Å²) in [4.78, 5) is 0. The summed E-state index contributed by atoms with van der Waals surface area (Å²) in [7, 11) is 3.39. The van der Waals surface area contributed by atoms with Crippen LogP contribution in [-0.4, -0.2) is 14.2 Å². The van der Waals surface area contributed by atoms with Crippen molar-refractivity contribution in [3.05, 3.63) is 68.8 Å². The van der Waals surface area contributed by atoms with E-state index in [0.29, 0.717) is 28.6 Å². The van der Waals surface area contributed by atoms with Crippen LogP contribution in [0.3, 0.4) is 0 Å². The minimum Gasteiger partial charge on any atom is -0.493 e. The molecule has 0 amide bonds. The summed E-state index contributed by atoms with van der Waals surface area (Å²) in [6.07, 6.45) is 1.95. The Bertz CT molecular complexity index is 1590. The molecule has 0 saturated carbocycles. The number of fused-ring (bicyclic) bond motifs is 6. The van der Waals surface area contributed by atoms with Crippen molar-refractivity contribution < 1.29 is 18.9 Å². The van der Waals surface area contributed by atoms with E-state index in [0.717, 1.165) is 41.0 Å². The molecule has 1 heterocycles. The summed E-state index contributed by atoms with van der Waals surface area (Å²) >= 11 is 0. The van der Waals surface area contributed by atoms with Gasteiger partial charge in [0.1, 0.15) is 11.6 Å². The number of ether oxygens (including phenoxy) is 4. The third kappa shape index (κ3) is 3.04. The maximum atomic E-state index is 9.93. The fourth-order valence-corrected chi connectivity index (χ4v) is 7.47. The van der Waals surface area contributed by atoms with E-state index in [1.165, 1.54) is 22.3 Å². The highest BCUT2D eigenvalue weighted by atomic mass is 16.6. The van der Waals surface area contributed by atoms with E-state index in [1.807, 2.05) is 20.8 Å². The summed E-state index contributed by atoms with van der Waals surface area (Å²) in [6, 6.07) is 11.1. The normalized spacial score (nSPS) is 20.9. The molecule has 5 heteroatoms. The lowest BCUT2D eigenvalue weighted by atomic mass is 9.72. The van der Waals surface area contributed by atoms with Crippen molar-refractivity contribution in [2.24, 2.45) is 0 Å². The van der Waals surface area contributed by atoms with Gasteiger partial charge in [0.2, 0.25) is 0 Å². The van der Waals surface area contributed by atoms with Crippen LogP contribution >= 0.6 is 0 Å². The van der Waals surface area contributed by atoms with Crippen LogP contribution in [0, 0.1) is 32.1 Å². The molecule has 0 saturated heterocycles. The first-order valence-electron chi connectivity index (χ1n) is 13.2. The number of rotatable bonds is 2. The highest BCUT2D eigenvalue weighted by molar-refractivity contribution is 5.71. The van der Waals surface area contributed by atoms with Crippen LogP contribution in [0.4, 0.5) is 0 Å². The van der Waals surface area contributed by atoms with Gasteiger partial charge in [0, 0.05) is 5.41 Å². The molecular weight excluding hydrogens is 474 g/mol. The lowest BCUT2D eigenvalue weighted by molar-refractivity contribution is 0.347. The van der Waals surface area contributed by atoms with Crippen molar-refractivity contribution in [1.82, 2.24) is 0 Å². The second-order valence-corrected chi connectivity index (χ2v) is 12.5. The zero-order chi connectivity index (χ0) is 27.4. The Morgan fingerprint density at radius 2 is 1.16 bits per heavy atom. The van der Waals surface area contributed by atoms with Gasteiger partial charge in [-0.3, -0.25) is 0 Å². The number of nitriles is 1. The molecule has 3 aromatic carbocycles. The number of hydrogen-bond acceptors (Lipinski definition) is 5. The summed E-state index contributed by atoms with van der Waals surface area (Å²) in [5.41, 5.74) is 8.37. The summed E-state index contributed by atoms with van der Waals surface area (Å²) < 4.78 is 24.5. The van der Waals surface area contributed by atoms with Gasteiger partial charge in [-0.1, -0.05) is 27.7 Å². The monoisotopic (exact) mass is 509 g/mol. The van der Waals surface area contributed by atoms with Gasteiger partial charge in [-0.2, -0.15) is 5.26 Å². The van der Waals surface area contributed by atoms with Crippen LogP contribution in [-0.2, 0) is 16.2 Å². The summed E-state index contributed by atoms with van der Waals surface area (Å²) in [5.74, 6) is 4.06. The van der Waals surface area contributed by atoms with Crippen molar-refractivity contribution in [1.29, 1.82) is 5.26 Å². The van der Waals surface area contributed by atoms with E-state index in [1.54, 1.807) is 14.2 Å². The second-order valence-electron chi connectivity index (χ2n) is 12.5. The molecule has 1 atom stereocenters. The molecule has 38 heavy (non-hydrogen) atoms. The summed E-state index contributed by atoms with van der Waals surface area (Å²) in [6.45, 7) is 15.3. The van der Waals surface area contributed by atoms with Crippen LogP contribution in [0.15, 0.2) is 24.3 Å². The van der Waals surface area contributed by atoms with E-state index in [2.05, 4.69) is 58.0 Å². The smallest absolute Gasteiger partial charge is 0.188 e. The standard InChI is InChI=1S/C33H35NO4/c1-17-18(2)20(14-34)30-29(19(17)3)37-28-13-24-22(11-27(28)38-30)32(6,7)16-33(24)15-31(4,5)21-10-25(35-8)26(36-9)12-23(21)33/h10-13H,15-16H2,1-9H3. The SMILES string of the molecule is COc1cc2c(cc1OC)C1(CC2(C)C)CC(C)(C)c2cc3c(cc21)Oc1c(C)c(C)c(C)c(C#N)c1O3. The predicted molar refractivity (Wildman–Crippen MR) is 148 cm³/mol. The van der Waals surface area contributed by atoms with Crippen molar-refractivity contribution in [2.45, 2.75) is 77.6 Å². The average molecular weight is 510 g/mol. The highest BCUT2D eigenvalue weighted by Crippen LogP contribution is 2.65. The lowest BCUT2D eigenvalue weighted by Gasteiger charge is -2.31. The Kier molecular flexibility index (Phi) is 5.00. The molecule has 1 unspecified atom stereocenters. The molecule has 0 radical (unpaired) electrons. The van der Waals surface area contributed by atoms with Crippen LogP contribution < -0.4 is 18.9 Å². The Morgan fingerprint density at radius 1 is 0.684 bits per heavy atom. The Labute approximate surface area is 225 Å². The molecule has 1 spiro atoms. The van der Waals surface area contributed by atoms with Crippen molar-refractivity contribution in [3.63, 3.8) is 0 Å². The van der Waals surface area contributed by atoms with Crippen LogP contribution in [0.25, 0.3) is 0 Å². The fourth-order valence-electron chi connectivity index (χ4n) is 7.47. The first-order valence-corrected chi connectivity index (χ1v) is 13.2. The molecule has 6 rings (SSSR count). The van der Waals surface area contributed by atoms with Crippen molar-refractivity contribution in [3.8, 4) is 40.6 Å². The first-order chi connectivity index (χ1) is 17.9. The molecule has 0 fully saturated rings. The molecule has 2 aliphatic carbocycles. The molecule has 5 nitrogen and oxygen atoms in total. The molecule has 0 aromatic heterocycles. The third-order valence-corrected chi connectivity index (χ3v) is 9.39. The van der Waals surface area contributed by atoms with Crippen molar-refractivity contribution in [2.75, 3.05) is 14.2 Å². The molecular formula is C33H35NO4. The maximum Gasteiger partial charge on any atom is 0.188 e. The van der Waals surface area contributed by atoms with Crippen molar-refractivity contribution >= 4 is 0 Å². The quantitative estimate of drug-likeness (QED) is 0.274. The van der Waals surface area contributed by atoms with Gasteiger partial charge in [-0.15, -0.1) is 0 Å². The van der Waals surface area contributed by atoms with Gasteiger partial charge in [0.05, 0.1) is 14.2 Å². The highest BCUT2D eigenvalue weighted by Gasteiger charge is 2.57. The molecule has 3 aromatic rings. The molecule has 3 aliphatic rings. The fraction of sp³-hybridized carbons (Fsp3) is 0.424. The Morgan fingerprint density at radius 3 is 1.71 bits per heavy atom. The minimum atomic E-state index is -0.189. The average Bonchev–Trinajstić information content (AvgIpc) is 3.23. The van der Waals surface area contributed by atoms with E-state index >= 15 is 0 Å². The van der Waals surface area contributed by atoms with Gasteiger partial charge >= 0.3 is 0 Å². The van der Waals surface area contributed by atoms with Gasteiger partial charge in [0.25, 0.3) is 0 Å². The van der Waals surface area contributed by atoms with Crippen LogP contribution in [0.1, 0.15) is 85.0 Å². The zero-order valence-corrected chi connectivity index (χ0v) is 23.8. The third-order valence-electron chi connectivity index (χ3n) is 9.39. The topological polar surface area (TPSA) is 60.7 Å². The number of hydrogen-bond donors (Lipinski definition) is 0. The van der Waals surface area contributed by atoms with E-state index < -0.39 is 0 Å². The van der Waals surface area contributed by atoms with Gasteiger partial charge < -0.3 is 18.9 Å². The molecule has 1 aliphatic heterocycles. The van der Waals surface area contributed by atoms with Gasteiger partial charge in [-0.05, 0) is 108 Å². The number of benzene rings is 3. The Hall–Kier alpha value is -3.65. The van der Waals surface area contributed by atoms with E-state index in [4.69, 9.17) is 18.9 Å². The van der Waals surface area contributed by atoms with E-state index in [-0.39, 0.29) is 16.2 Å². The minimum absolute atomic E-state index is 0.0423. The predicted octanol–water partition coefficient (Wildman–Crippen LogP) is 8.05. The molecule has 0 bridgehead atoms. The van der Waals surface area contributed by atoms with Gasteiger partial charge in [-0.25, -0.2) is 0 Å². The Balaban J connectivity index is 1.58. The molecule has 196 valence electrons. The summed E-state index contributed by atoms with van der Waals surface area (Å²) in [5, 5.41) is 9.93. The lowest BCUT2D eigenvalue weighted by Crippen LogP contribution is -2.27. The first kappa shape index (κ1) is 24.7. The maximum absolute atomic E-state index is 9.93. The van der Waals surface area contributed by atoms with Crippen LogP contribution in [0.2, 0.25) is 0 Å².